The Morgan fingerprint density at radius 2 is 1.58 bits per heavy atom. The van der Waals surface area contributed by atoms with E-state index in [0.717, 1.165) is 5.56 Å². The molecule has 1 heterocycles. The van der Waals surface area contributed by atoms with Crippen LogP contribution in [-0.4, -0.2) is 40.2 Å². The zero-order chi connectivity index (χ0) is 24.1. The van der Waals surface area contributed by atoms with Crippen molar-refractivity contribution in [2.75, 3.05) is 38.6 Å². The number of hydrogen-bond acceptors (Lipinski definition) is 7. The first-order chi connectivity index (χ1) is 15.8. The average molecular weight is 454 g/mol. The minimum absolute atomic E-state index is 0.0274. The zero-order valence-electron chi connectivity index (χ0n) is 19.3. The van der Waals surface area contributed by atoms with E-state index < -0.39 is 5.91 Å². The summed E-state index contributed by atoms with van der Waals surface area (Å²) < 4.78 is 27.2. The first-order valence-corrected chi connectivity index (χ1v) is 10.00. The summed E-state index contributed by atoms with van der Waals surface area (Å²) in [4.78, 5) is 26.0. The van der Waals surface area contributed by atoms with E-state index in [4.69, 9.17) is 23.4 Å². The molecule has 3 aromatic rings. The number of amides is 2. The van der Waals surface area contributed by atoms with E-state index in [-0.39, 0.29) is 11.7 Å². The Kier molecular flexibility index (Phi) is 7.12. The van der Waals surface area contributed by atoms with Crippen LogP contribution >= 0.6 is 0 Å². The number of rotatable bonds is 8. The van der Waals surface area contributed by atoms with Crippen LogP contribution in [-0.2, 0) is 4.79 Å². The number of aryl methyl sites for hydroxylation is 1. The number of carbonyl (C=O) groups is 2. The molecule has 0 unspecified atom stereocenters. The van der Waals surface area contributed by atoms with Gasteiger partial charge in [0.2, 0.25) is 5.91 Å². The fraction of sp³-hybridized carbons (Fsp3) is 0.250. The van der Waals surface area contributed by atoms with E-state index in [2.05, 4.69) is 5.32 Å². The summed E-state index contributed by atoms with van der Waals surface area (Å²) >= 11 is 0. The van der Waals surface area contributed by atoms with E-state index in [1.54, 1.807) is 25.2 Å². The van der Waals surface area contributed by atoms with Crippen molar-refractivity contribution in [3.63, 3.8) is 0 Å². The summed E-state index contributed by atoms with van der Waals surface area (Å²) in [5.41, 5.74) is 1.87. The SMILES string of the molecule is COc1cc(OC)c(NC(=O)c2cc(Oc3cc(N(C)C(C)=O)ccc3C)co2)c(OC)c1. The number of carbonyl (C=O) groups excluding carboxylic acids is 2. The molecule has 0 fully saturated rings. The number of methoxy groups -OCH3 is 3. The molecule has 0 aliphatic heterocycles. The summed E-state index contributed by atoms with van der Waals surface area (Å²) in [6.07, 6.45) is 1.33. The first kappa shape index (κ1) is 23.5. The van der Waals surface area contributed by atoms with Crippen LogP contribution in [0, 0.1) is 6.92 Å². The highest BCUT2D eigenvalue weighted by Crippen LogP contribution is 2.39. The number of furan rings is 1. The molecule has 3 rings (SSSR count). The van der Waals surface area contributed by atoms with Gasteiger partial charge in [0, 0.05) is 43.9 Å². The Balaban J connectivity index is 1.81. The summed E-state index contributed by atoms with van der Waals surface area (Å²) in [5, 5.41) is 2.74. The molecule has 9 heteroatoms. The zero-order valence-corrected chi connectivity index (χ0v) is 19.3. The highest BCUT2D eigenvalue weighted by atomic mass is 16.5. The molecule has 0 bridgehead atoms. The second kappa shape index (κ2) is 9.99. The van der Waals surface area contributed by atoms with Crippen LogP contribution in [0.25, 0.3) is 0 Å². The molecule has 0 aliphatic carbocycles. The molecule has 33 heavy (non-hydrogen) atoms. The summed E-state index contributed by atoms with van der Waals surface area (Å²) in [6.45, 7) is 3.36. The molecule has 0 atom stereocenters. The van der Waals surface area contributed by atoms with Gasteiger partial charge in [0.25, 0.3) is 5.91 Å². The van der Waals surface area contributed by atoms with Crippen LogP contribution < -0.4 is 29.2 Å². The number of nitrogens with zero attached hydrogens (tertiary/aromatic N) is 1. The fourth-order valence-corrected chi connectivity index (χ4v) is 3.01. The monoisotopic (exact) mass is 454 g/mol. The third kappa shape index (κ3) is 5.20. The fourth-order valence-electron chi connectivity index (χ4n) is 3.01. The Labute approximate surface area is 191 Å². The van der Waals surface area contributed by atoms with Crippen LogP contribution in [0.15, 0.2) is 47.1 Å². The lowest BCUT2D eigenvalue weighted by molar-refractivity contribution is -0.116. The predicted molar refractivity (Wildman–Crippen MR) is 123 cm³/mol. The van der Waals surface area contributed by atoms with Crippen molar-refractivity contribution in [2.45, 2.75) is 13.8 Å². The van der Waals surface area contributed by atoms with E-state index in [1.807, 2.05) is 19.1 Å². The minimum Gasteiger partial charge on any atom is -0.496 e. The number of hydrogen-bond donors (Lipinski definition) is 1. The van der Waals surface area contributed by atoms with Gasteiger partial charge in [-0.2, -0.15) is 0 Å². The average Bonchev–Trinajstić information content (AvgIpc) is 3.28. The Morgan fingerprint density at radius 1 is 0.909 bits per heavy atom. The van der Waals surface area contributed by atoms with Gasteiger partial charge >= 0.3 is 0 Å². The Morgan fingerprint density at radius 3 is 2.15 bits per heavy atom. The molecular weight excluding hydrogens is 428 g/mol. The molecule has 9 nitrogen and oxygen atoms in total. The molecule has 174 valence electrons. The number of anilines is 2. The molecule has 0 spiro atoms. The van der Waals surface area contributed by atoms with Crippen LogP contribution in [0.5, 0.6) is 28.7 Å². The molecule has 1 aromatic heterocycles. The van der Waals surface area contributed by atoms with Crippen molar-refractivity contribution < 1.29 is 33.0 Å². The van der Waals surface area contributed by atoms with Gasteiger partial charge < -0.3 is 33.6 Å². The van der Waals surface area contributed by atoms with Crippen LogP contribution in [0.3, 0.4) is 0 Å². The molecule has 0 aliphatic rings. The van der Waals surface area contributed by atoms with Crippen LogP contribution in [0.1, 0.15) is 23.0 Å². The summed E-state index contributed by atoms with van der Waals surface area (Å²) in [5.74, 6) is 1.52. The molecule has 1 N–H and O–H groups in total. The molecule has 0 radical (unpaired) electrons. The Bertz CT molecular complexity index is 1140. The van der Waals surface area contributed by atoms with Gasteiger partial charge in [0.15, 0.2) is 11.5 Å². The summed E-state index contributed by atoms with van der Waals surface area (Å²) in [6, 6.07) is 10.1. The number of ether oxygens (including phenoxy) is 4. The smallest absolute Gasteiger partial charge is 0.291 e. The van der Waals surface area contributed by atoms with Crippen molar-refractivity contribution in [1.29, 1.82) is 0 Å². The Hall–Kier alpha value is -4.14. The minimum atomic E-state index is -0.520. The molecular formula is C24H26N2O7. The van der Waals surface area contributed by atoms with Crippen LogP contribution in [0.2, 0.25) is 0 Å². The number of nitrogens with one attached hydrogen (secondary N) is 1. The largest absolute Gasteiger partial charge is 0.496 e. The van der Waals surface area contributed by atoms with E-state index in [9.17, 15) is 9.59 Å². The molecule has 0 saturated heterocycles. The van der Waals surface area contributed by atoms with Gasteiger partial charge in [0.1, 0.15) is 34.9 Å². The lowest BCUT2D eigenvalue weighted by Gasteiger charge is -2.17. The van der Waals surface area contributed by atoms with Crippen molar-refractivity contribution >= 4 is 23.2 Å². The lowest BCUT2D eigenvalue weighted by atomic mass is 10.2. The number of benzene rings is 2. The second-order valence-electron chi connectivity index (χ2n) is 7.14. The molecule has 0 saturated carbocycles. The maximum Gasteiger partial charge on any atom is 0.291 e. The van der Waals surface area contributed by atoms with Crippen molar-refractivity contribution in [3.05, 3.63) is 54.0 Å². The predicted octanol–water partition coefficient (Wildman–Crippen LogP) is 4.64. The standard InChI is InChI=1S/C24H26N2O7/c1-14-7-8-16(26(3)15(2)27)9-19(14)33-18-12-22(32-13-18)24(28)25-23-20(30-5)10-17(29-4)11-21(23)31-6/h7-13H,1-6H3,(H,25,28). The lowest BCUT2D eigenvalue weighted by Crippen LogP contribution is -2.22. The van der Waals surface area contributed by atoms with Crippen molar-refractivity contribution in [3.8, 4) is 28.7 Å². The van der Waals surface area contributed by atoms with Crippen LogP contribution in [0.4, 0.5) is 11.4 Å². The van der Waals surface area contributed by atoms with Gasteiger partial charge in [-0.1, -0.05) is 6.07 Å². The van der Waals surface area contributed by atoms with Crippen molar-refractivity contribution in [2.24, 2.45) is 0 Å². The highest BCUT2D eigenvalue weighted by molar-refractivity contribution is 6.04. The molecule has 2 amide bonds. The van der Waals surface area contributed by atoms with E-state index in [0.29, 0.717) is 40.1 Å². The summed E-state index contributed by atoms with van der Waals surface area (Å²) in [7, 11) is 6.15. The topological polar surface area (TPSA) is 99.5 Å². The van der Waals surface area contributed by atoms with Gasteiger partial charge in [0.05, 0.1) is 21.3 Å². The third-order valence-electron chi connectivity index (χ3n) is 5.01. The second-order valence-corrected chi connectivity index (χ2v) is 7.14. The van der Waals surface area contributed by atoms with Gasteiger partial charge in [-0.15, -0.1) is 0 Å². The third-order valence-corrected chi connectivity index (χ3v) is 5.01. The van der Waals surface area contributed by atoms with Crippen molar-refractivity contribution in [1.82, 2.24) is 0 Å². The molecule has 2 aromatic carbocycles. The van der Waals surface area contributed by atoms with Gasteiger partial charge in [-0.05, 0) is 18.6 Å². The van der Waals surface area contributed by atoms with Gasteiger partial charge in [-0.25, -0.2) is 0 Å². The van der Waals surface area contributed by atoms with E-state index in [1.165, 1.54) is 45.5 Å². The van der Waals surface area contributed by atoms with Gasteiger partial charge in [-0.3, -0.25) is 9.59 Å². The maximum atomic E-state index is 12.8. The maximum absolute atomic E-state index is 12.8. The highest BCUT2D eigenvalue weighted by Gasteiger charge is 2.20. The first-order valence-electron chi connectivity index (χ1n) is 10.00. The quantitative estimate of drug-likeness (QED) is 0.529. The normalized spacial score (nSPS) is 10.4. The van der Waals surface area contributed by atoms with E-state index >= 15 is 0 Å².